The molecular weight excluding hydrogens is 276 g/mol. The smallest absolute Gasteiger partial charge is 0.265 e. The Morgan fingerprint density at radius 2 is 2.14 bits per heavy atom. The summed E-state index contributed by atoms with van der Waals surface area (Å²) in [5, 5.41) is 0. The zero-order valence-electron chi connectivity index (χ0n) is 12.6. The molecule has 3 rings (SSSR count). The van der Waals surface area contributed by atoms with E-state index in [0.717, 1.165) is 23.3 Å². The summed E-state index contributed by atoms with van der Waals surface area (Å²) in [5.74, 6) is 5.96. The second kappa shape index (κ2) is 5.69. The van der Waals surface area contributed by atoms with E-state index in [1.165, 1.54) is 5.56 Å². The predicted octanol–water partition coefficient (Wildman–Crippen LogP) is 2.19. The molecule has 22 heavy (non-hydrogen) atoms. The first-order valence-electron chi connectivity index (χ1n) is 7.28. The number of nitrogens with zero attached hydrogens (tertiary/aromatic N) is 2. The topological polar surface area (TPSA) is 80.9 Å². The van der Waals surface area contributed by atoms with Crippen LogP contribution in [0.15, 0.2) is 36.5 Å². The maximum Gasteiger partial charge on any atom is 0.265 e. The van der Waals surface area contributed by atoms with Crippen LogP contribution in [0.25, 0.3) is 5.57 Å². The van der Waals surface area contributed by atoms with Crippen LogP contribution in [0.4, 0.5) is 0 Å². The molecule has 2 aromatic rings. The van der Waals surface area contributed by atoms with Gasteiger partial charge in [-0.05, 0) is 41.7 Å². The van der Waals surface area contributed by atoms with Crippen molar-refractivity contribution in [3.8, 4) is 0 Å². The van der Waals surface area contributed by atoms with Crippen LogP contribution < -0.4 is 11.3 Å². The number of amides is 1. The molecule has 112 valence electrons. The van der Waals surface area contributed by atoms with E-state index in [0.29, 0.717) is 17.3 Å². The molecule has 5 nitrogen and oxygen atoms in total. The summed E-state index contributed by atoms with van der Waals surface area (Å²) >= 11 is 0. The SMILES string of the molecule is CC(C)c1ccnc(C2=CCc3ccc(C(=O)NN)cc32)n1. The Labute approximate surface area is 129 Å². The predicted molar refractivity (Wildman–Crippen MR) is 85.0 cm³/mol. The molecule has 0 unspecified atom stereocenters. The molecule has 0 aliphatic heterocycles. The Kier molecular flexibility index (Phi) is 3.73. The Hall–Kier alpha value is -2.53. The third-order valence-corrected chi connectivity index (χ3v) is 3.83. The number of carbonyl (C=O) groups is 1. The number of carbonyl (C=O) groups excluding carboxylic acids is 1. The third-order valence-electron chi connectivity index (χ3n) is 3.83. The van der Waals surface area contributed by atoms with Crippen molar-refractivity contribution in [3.63, 3.8) is 0 Å². The number of fused-ring (bicyclic) bond motifs is 1. The van der Waals surface area contributed by atoms with Gasteiger partial charge in [-0.1, -0.05) is 26.0 Å². The average molecular weight is 294 g/mol. The first-order chi connectivity index (χ1) is 10.6. The number of rotatable bonds is 3. The molecule has 1 amide bonds. The summed E-state index contributed by atoms with van der Waals surface area (Å²) < 4.78 is 0. The molecule has 5 heteroatoms. The van der Waals surface area contributed by atoms with E-state index in [1.54, 1.807) is 12.3 Å². The average Bonchev–Trinajstić information content (AvgIpc) is 2.97. The number of hydrogen-bond acceptors (Lipinski definition) is 4. The lowest BCUT2D eigenvalue weighted by atomic mass is 10.0. The Balaban J connectivity index is 2.03. The van der Waals surface area contributed by atoms with Gasteiger partial charge in [0.25, 0.3) is 5.91 Å². The number of nitrogen functional groups attached to an aromatic ring is 1. The summed E-state index contributed by atoms with van der Waals surface area (Å²) in [6, 6.07) is 7.52. The molecular formula is C17H18N4O. The van der Waals surface area contributed by atoms with Crippen LogP contribution in [0.2, 0.25) is 0 Å². The highest BCUT2D eigenvalue weighted by molar-refractivity contribution is 5.96. The van der Waals surface area contributed by atoms with Crippen LogP contribution in [0.1, 0.15) is 52.8 Å². The van der Waals surface area contributed by atoms with Crippen molar-refractivity contribution in [2.45, 2.75) is 26.2 Å². The highest BCUT2D eigenvalue weighted by atomic mass is 16.2. The van der Waals surface area contributed by atoms with Gasteiger partial charge < -0.3 is 0 Å². The number of allylic oxidation sites excluding steroid dienone is 1. The van der Waals surface area contributed by atoms with Gasteiger partial charge in [0.15, 0.2) is 5.82 Å². The highest BCUT2D eigenvalue weighted by Crippen LogP contribution is 2.32. The van der Waals surface area contributed by atoms with Crippen LogP contribution in [0.5, 0.6) is 0 Å². The number of aromatic nitrogens is 2. The minimum absolute atomic E-state index is 0.300. The van der Waals surface area contributed by atoms with E-state index in [2.05, 4.69) is 35.3 Å². The van der Waals surface area contributed by atoms with E-state index < -0.39 is 0 Å². The van der Waals surface area contributed by atoms with Gasteiger partial charge in [-0.2, -0.15) is 0 Å². The van der Waals surface area contributed by atoms with Gasteiger partial charge in [0, 0.05) is 23.0 Å². The molecule has 0 saturated heterocycles. The zero-order chi connectivity index (χ0) is 15.7. The first kappa shape index (κ1) is 14.4. The second-order valence-electron chi connectivity index (χ2n) is 5.63. The number of nitrogens with two attached hydrogens (primary N) is 1. The molecule has 0 radical (unpaired) electrons. The zero-order valence-corrected chi connectivity index (χ0v) is 12.6. The summed E-state index contributed by atoms with van der Waals surface area (Å²) in [5.41, 5.74) is 6.85. The Morgan fingerprint density at radius 1 is 1.32 bits per heavy atom. The number of benzene rings is 1. The summed E-state index contributed by atoms with van der Waals surface area (Å²) in [7, 11) is 0. The van der Waals surface area contributed by atoms with Crippen molar-refractivity contribution in [3.05, 3.63) is 64.7 Å². The highest BCUT2D eigenvalue weighted by Gasteiger charge is 2.20. The van der Waals surface area contributed by atoms with Crippen LogP contribution in [-0.2, 0) is 6.42 Å². The van der Waals surface area contributed by atoms with Gasteiger partial charge in [0.2, 0.25) is 0 Å². The van der Waals surface area contributed by atoms with E-state index in [-0.39, 0.29) is 5.91 Å². The summed E-state index contributed by atoms with van der Waals surface area (Å²) in [6.07, 6.45) is 4.71. The van der Waals surface area contributed by atoms with Crippen molar-refractivity contribution in [1.82, 2.24) is 15.4 Å². The van der Waals surface area contributed by atoms with Crippen LogP contribution >= 0.6 is 0 Å². The van der Waals surface area contributed by atoms with Crippen molar-refractivity contribution >= 4 is 11.5 Å². The van der Waals surface area contributed by atoms with Crippen LogP contribution in [0, 0.1) is 0 Å². The Bertz CT molecular complexity index is 765. The second-order valence-corrected chi connectivity index (χ2v) is 5.63. The maximum absolute atomic E-state index is 11.7. The fourth-order valence-electron chi connectivity index (χ4n) is 2.59. The number of hydrogen-bond donors (Lipinski definition) is 2. The molecule has 1 aliphatic rings. The molecule has 0 fully saturated rings. The molecule has 1 aromatic heterocycles. The maximum atomic E-state index is 11.7. The van der Waals surface area contributed by atoms with Gasteiger partial charge in [-0.3, -0.25) is 10.2 Å². The number of nitrogens with one attached hydrogen (secondary N) is 1. The van der Waals surface area contributed by atoms with Gasteiger partial charge in [-0.25, -0.2) is 15.8 Å². The largest absolute Gasteiger partial charge is 0.290 e. The molecule has 0 saturated carbocycles. The normalized spacial score (nSPS) is 13.0. The molecule has 0 bridgehead atoms. The lowest BCUT2D eigenvalue weighted by Crippen LogP contribution is -2.30. The minimum Gasteiger partial charge on any atom is -0.290 e. The summed E-state index contributed by atoms with van der Waals surface area (Å²) in [6.45, 7) is 4.21. The van der Waals surface area contributed by atoms with Crippen molar-refractivity contribution < 1.29 is 4.79 Å². The lowest BCUT2D eigenvalue weighted by molar-refractivity contribution is 0.0953. The molecule has 1 heterocycles. The fraction of sp³-hybridized carbons (Fsp3) is 0.235. The minimum atomic E-state index is -0.300. The van der Waals surface area contributed by atoms with E-state index in [1.807, 2.05) is 18.2 Å². The summed E-state index contributed by atoms with van der Waals surface area (Å²) in [4.78, 5) is 20.7. The van der Waals surface area contributed by atoms with Crippen LogP contribution in [0.3, 0.4) is 0 Å². The van der Waals surface area contributed by atoms with Crippen LogP contribution in [-0.4, -0.2) is 15.9 Å². The monoisotopic (exact) mass is 294 g/mol. The van der Waals surface area contributed by atoms with Gasteiger partial charge >= 0.3 is 0 Å². The third kappa shape index (κ3) is 2.51. The van der Waals surface area contributed by atoms with E-state index in [4.69, 9.17) is 5.84 Å². The molecule has 0 atom stereocenters. The quantitative estimate of drug-likeness (QED) is 0.516. The van der Waals surface area contributed by atoms with Gasteiger partial charge in [0.05, 0.1) is 0 Å². The molecule has 1 aliphatic carbocycles. The van der Waals surface area contributed by atoms with E-state index >= 15 is 0 Å². The van der Waals surface area contributed by atoms with Crippen molar-refractivity contribution in [2.24, 2.45) is 5.84 Å². The molecule has 0 spiro atoms. The van der Waals surface area contributed by atoms with Gasteiger partial charge in [-0.15, -0.1) is 0 Å². The standard InChI is InChI=1S/C17H18N4O/c1-10(2)15-7-8-19-16(20-15)13-6-5-11-3-4-12(9-14(11)13)17(22)21-18/h3-4,6-10H,5,18H2,1-2H3,(H,21,22). The molecule has 1 aromatic carbocycles. The Morgan fingerprint density at radius 3 is 2.86 bits per heavy atom. The van der Waals surface area contributed by atoms with Gasteiger partial charge in [0.1, 0.15) is 0 Å². The van der Waals surface area contributed by atoms with Crippen molar-refractivity contribution in [1.29, 1.82) is 0 Å². The molecule has 3 N–H and O–H groups in total. The lowest BCUT2D eigenvalue weighted by Gasteiger charge is -2.09. The fourth-order valence-corrected chi connectivity index (χ4v) is 2.59. The van der Waals surface area contributed by atoms with Crippen molar-refractivity contribution in [2.75, 3.05) is 0 Å². The van der Waals surface area contributed by atoms with E-state index in [9.17, 15) is 4.79 Å². The first-order valence-corrected chi connectivity index (χ1v) is 7.28. The number of hydrazine groups is 1.